The molecule has 0 spiro atoms. The molecule has 1 unspecified atom stereocenters. The standard InChI is InChI=1S/C15H15NO2S/c1-11-3-7-13(8-4-11)15(17)16-19(18)14-9-5-12(2)6-10-14/h3-10H,1-2H3,(H,16,17). The smallest absolute Gasteiger partial charge is 0.263 e. The Hall–Kier alpha value is -1.94. The highest BCUT2D eigenvalue weighted by Crippen LogP contribution is 2.08. The Balaban J connectivity index is 2.08. The summed E-state index contributed by atoms with van der Waals surface area (Å²) in [7, 11) is -1.53. The van der Waals surface area contributed by atoms with Crippen LogP contribution in [-0.2, 0) is 11.0 Å². The van der Waals surface area contributed by atoms with Crippen LogP contribution >= 0.6 is 0 Å². The van der Waals surface area contributed by atoms with Gasteiger partial charge in [-0.3, -0.25) is 9.52 Å². The monoisotopic (exact) mass is 273 g/mol. The second-order valence-corrected chi connectivity index (χ2v) is 5.59. The zero-order valence-corrected chi connectivity index (χ0v) is 11.7. The van der Waals surface area contributed by atoms with Gasteiger partial charge < -0.3 is 0 Å². The van der Waals surface area contributed by atoms with Crippen LogP contribution in [0.1, 0.15) is 21.5 Å². The lowest BCUT2D eigenvalue weighted by Crippen LogP contribution is -2.25. The molecule has 0 radical (unpaired) electrons. The summed E-state index contributed by atoms with van der Waals surface area (Å²) in [6.45, 7) is 3.91. The summed E-state index contributed by atoms with van der Waals surface area (Å²) in [5.41, 5.74) is 2.67. The largest absolute Gasteiger partial charge is 0.268 e. The first-order valence-electron chi connectivity index (χ1n) is 5.92. The quantitative estimate of drug-likeness (QED) is 0.934. The second-order valence-electron chi connectivity index (χ2n) is 4.38. The molecule has 2 rings (SSSR count). The molecule has 0 aromatic heterocycles. The summed E-state index contributed by atoms with van der Waals surface area (Å²) < 4.78 is 14.5. The van der Waals surface area contributed by atoms with Gasteiger partial charge in [0.2, 0.25) is 0 Å². The number of rotatable bonds is 3. The predicted molar refractivity (Wildman–Crippen MR) is 76.2 cm³/mol. The normalized spacial score (nSPS) is 11.9. The van der Waals surface area contributed by atoms with Crippen molar-refractivity contribution in [3.63, 3.8) is 0 Å². The molecule has 0 bridgehead atoms. The minimum atomic E-state index is -1.53. The van der Waals surface area contributed by atoms with Crippen LogP contribution in [0.5, 0.6) is 0 Å². The number of aryl methyl sites for hydroxylation is 2. The van der Waals surface area contributed by atoms with Gasteiger partial charge >= 0.3 is 0 Å². The van der Waals surface area contributed by atoms with Gasteiger partial charge in [-0.15, -0.1) is 0 Å². The van der Waals surface area contributed by atoms with E-state index in [2.05, 4.69) is 4.72 Å². The van der Waals surface area contributed by atoms with E-state index in [0.29, 0.717) is 10.5 Å². The fourth-order valence-electron chi connectivity index (χ4n) is 1.57. The lowest BCUT2D eigenvalue weighted by molar-refractivity contribution is 0.0983. The van der Waals surface area contributed by atoms with Crippen molar-refractivity contribution in [2.75, 3.05) is 0 Å². The molecule has 1 N–H and O–H groups in total. The summed E-state index contributed by atoms with van der Waals surface area (Å²) in [5, 5.41) is 0. The number of amides is 1. The van der Waals surface area contributed by atoms with Crippen molar-refractivity contribution < 1.29 is 9.00 Å². The molecule has 0 saturated carbocycles. The van der Waals surface area contributed by atoms with Gasteiger partial charge in [-0.1, -0.05) is 35.4 Å². The Kier molecular flexibility index (Phi) is 4.12. The van der Waals surface area contributed by atoms with E-state index < -0.39 is 11.0 Å². The van der Waals surface area contributed by atoms with E-state index in [1.807, 2.05) is 38.1 Å². The van der Waals surface area contributed by atoms with Crippen LogP contribution < -0.4 is 4.72 Å². The summed E-state index contributed by atoms with van der Waals surface area (Å²) in [4.78, 5) is 12.5. The first kappa shape index (κ1) is 13.5. The number of benzene rings is 2. The molecule has 0 fully saturated rings. The van der Waals surface area contributed by atoms with Crippen molar-refractivity contribution in [1.82, 2.24) is 4.72 Å². The zero-order chi connectivity index (χ0) is 13.8. The molecule has 4 heteroatoms. The molecular weight excluding hydrogens is 258 g/mol. The van der Waals surface area contributed by atoms with Gasteiger partial charge in [0, 0.05) is 5.56 Å². The zero-order valence-electron chi connectivity index (χ0n) is 10.8. The van der Waals surface area contributed by atoms with Crippen LogP contribution in [0.3, 0.4) is 0 Å². The molecule has 1 amide bonds. The van der Waals surface area contributed by atoms with Gasteiger partial charge in [0.25, 0.3) is 5.91 Å². The minimum Gasteiger partial charge on any atom is -0.268 e. The molecule has 0 aliphatic carbocycles. The van der Waals surface area contributed by atoms with Crippen LogP contribution in [0.15, 0.2) is 53.4 Å². The topological polar surface area (TPSA) is 46.2 Å². The van der Waals surface area contributed by atoms with Crippen molar-refractivity contribution in [3.05, 3.63) is 65.2 Å². The summed E-state index contributed by atoms with van der Waals surface area (Å²) in [6, 6.07) is 14.4. The molecule has 98 valence electrons. The molecular formula is C15H15NO2S. The SMILES string of the molecule is Cc1ccc(C(=O)NS(=O)c2ccc(C)cc2)cc1. The van der Waals surface area contributed by atoms with Gasteiger partial charge in [0.15, 0.2) is 11.0 Å². The second kappa shape index (κ2) is 5.80. The van der Waals surface area contributed by atoms with E-state index in [0.717, 1.165) is 11.1 Å². The number of nitrogens with one attached hydrogen (secondary N) is 1. The average molecular weight is 273 g/mol. The van der Waals surface area contributed by atoms with Crippen LogP contribution in [0.2, 0.25) is 0 Å². The van der Waals surface area contributed by atoms with Crippen LogP contribution in [-0.4, -0.2) is 10.1 Å². The van der Waals surface area contributed by atoms with Crippen molar-refractivity contribution >= 4 is 16.9 Å². The summed E-state index contributed by atoms with van der Waals surface area (Å²) in [5.74, 6) is -0.334. The molecule has 0 aliphatic rings. The van der Waals surface area contributed by atoms with Crippen LogP contribution in [0.25, 0.3) is 0 Å². The highest BCUT2D eigenvalue weighted by molar-refractivity contribution is 7.83. The number of hydrogen-bond acceptors (Lipinski definition) is 2. The Morgan fingerprint density at radius 3 is 1.89 bits per heavy atom. The average Bonchev–Trinajstić information content (AvgIpc) is 2.40. The maximum absolute atomic E-state index is 12.0. The third kappa shape index (κ3) is 3.51. The molecule has 2 aromatic rings. The molecule has 0 saturated heterocycles. The van der Waals surface area contributed by atoms with E-state index >= 15 is 0 Å². The van der Waals surface area contributed by atoms with E-state index in [4.69, 9.17) is 0 Å². The van der Waals surface area contributed by atoms with E-state index in [1.54, 1.807) is 24.3 Å². The fourth-order valence-corrected chi connectivity index (χ4v) is 2.36. The highest BCUT2D eigenvalue weighted by atomic mass is 32.2. The van der Waals surface area contributed by atoms with E-state index in [9.17, 15) is 9.00 Å². The first-order valence-corrected chi connectivity index (χ1v) is 7.07. The third-order valence-electron chi connectivity index (χ3n) is 2.73. The molecule has 0 heterocycles. The van der Waals surface area contributed by atoms with Gasteiger partial charge in [0.05, 0.1) is 4.90 Å². The van der Waals surface area contributed by atoms with Crippen LogP contribution in [0.4, 0.5) is 0 Å². The van der Waals surface area contributed by atoms with Crippen molar-refractivity contribution in [1.29, 1.82) is 0 Å². The summed E-state index contributed by atoms with van der Waals surface area (Å²) >= 11 is 0. The lowest BCUT2D eigenvalue weighted by atomic mass is 10.1. The third-order valence-corrected chi connectivity index (χ3v) is 3.81. The highest BCUT2D eigenvalue weighted by Gasteiger charge is 2.10. The predicted octanol–water partition coefficient (Wildman–Crippen LogP) is 2.76. The minimum absolute atomic E-state index is 0.334. The van der Waals surface area contributed by atoms with Crippen molar-refractivity contribution in [2.24, 2.45) is 0 Å². The Labute approximate surface area is 115 Å². The number of hydrogen-bond donors (Lipinski definition) is 1. The van der Waals surface area contributed by atoms with Gasteiger partial charge in [0.1, 0.15) is 0 Å². The maximum atomic E-state index is 12.0. The van der Waals surface area contributed by atoms with Gasteiger partial charge in [-0.25, -0.2) is 4.21 Å². The van der Waals surface area contributed by atoms with Crippen molar-refractivity contribution in [3.8, 4) is 0 Å². The number of carbonyl (C=O) groups excluding carboxylic acids is 1. The Bertz CT molecular complexity index is 548. The van der Waals surface area contributed by atoms with Crippen molar-refractivity contribution in [2.45, 2.75) is 18.7 Å². The Morgan fingerprint density at radius 2 is 1.37 bits per heavy atom. The molecule has 19 heavy (non-hydrogen) atoms. The summed E-state index contributed by atoms with van der Waals surface area (Å²) in [6.07, 6.45) is 0. The van der Waals surface area contributed by atoms with Crippen LogP contribution in [0, 0.1) is 13.8 Å². The lowest BCUT2D eigenvalue weighted by Gasteiger charge is -2.05. The molecule has 0 aliphatic heterocycles. The molecule has 2 aromatic carbocycles. The van der Waals surface area contributed by atoms with E-state index in [-0.39, 0.29) is 5.91 Å². The number of carbonyl (C=O) groups is 1. The first-order chi connectivity index (χ1) is 9.06. The van der Waals surface area contributed by atoms with E-state index in [1.165, 1.54) is 0 Å². The molecule has 3 nitrogen and oxygen atoms in total. The Morgan fingerprint density at radius 1 is 0.895 bits per heavy atom. The van der Waals surface area contributed by atoms with Gasteiger partial charge in [-0.05, 0) is 38.1 Å². The maximum Gasteiger partial charge on any atom is 0.263 e. The fraction of sp³-hybridized carbons (Fsp3) is 0.133. The molecule has 1 atom stereocenters. The van der Waals surface area contributed by atoms with Gasteiger partial charge in [-0.2, -0.15) is 0 Å².